The molecule has 0 bridgehead atoms. The third-order valence-electron chi connectivity index (χ3n) is 7.97. The number of morpholine rings is 1. The minimum atomic E-state index is -0.703. The van der Waals surface area contributed by atoms with E-state index in [1.807, 2.05) is 93.7 Å². The fourth-order valence-corrected chi connectivity index (χ4v) is 5.95. The zero-order valence-electron chi connectivity index (χ0n) is 27.0. The monoisotopic (exact) mass is 619 g/mol. The van der Waals surface area contributed by atoms with Crippen LogP contribution in [0, 0.1) is 11.8 Å². The van der Waals surface area contributed by atoms with Crippen LogP contribution in [0.1, 0.15) is 57.2 Å². The van der Waals surface area contributed by atoms with Gasteiger partial charge in [0, 0.05) is 38.9 Å². The Bertz CT molecular complexity index is 1480. The van der Waals surface area contributed by atoms with Gasteiger partial charge in [-0.15, -0.1) is 0 Å². The van der Waals surface area contributed by atoms with Gasteiger partial charge in [-0.1, -0.05) is 38.1 Å². The highest BCUT2D eigenvalue weighted by molar-refractivity contribution is 5.95. The topological polar surface area (TPSA) is 106 Å². The Kier molecular flexibility index (Phi) is 9.96. The molecule has 2 aliphatic rings. The minimum absolute atomic E-state index is 0.0295. The van der Waals surface area contributed by atoms with Gasteiger partial charge in [0.1, 0.15) is 23.6 Å². The average molecular weight is 620 g/mol. The molecule has 0 spiro atoms. The Morgan fingerprint density at radius 3 is 2.40 bits per heavy atom. The molecule has 2 fully saturated rings. The molecule has 0 saturated carbocycles. The molecule has 2 aliphatic heterocycles. The molecule has 3 amide bonds. The summed E-state index contributed by atoms with van der Waals surface area (Å²) in [5.41, 5.74) is 0.861. The number of amides is 3. The first-order chi connectivity index (χ1) is 21.5. The summed E-state index contributed by atoms with van der Waals surface area (Å²) < 4.78 is 19.2. The zero-order valence-corrected chi connectivity index (χ0v) is 27.0. The predicted molar refractivity (Wildman–Crippen MR) is 169 cm³/mol. The van der Waals surface area contributed by atoms with Crippen molar-refractivity contribution in [1.29, 1.82) is 0 Å². The van der Waals surface area contributed by atoms with Gasteiger partial charge in [0.25, 0.3) is 5.91 Å². The van der Waals surface area contributed by atoms with Crippen molar-refractivity contribution in [3.05, 3.63) is 66.1 Å². The van der Waals surface area contributed by atoms with Gasteiger partial charge in [-0.25, -0.2) is 9.78 Å². The fraction of sp³-hybridized carbons (Fsp3) is 0.529. The number of fused-ring (bicyclic) bond motifs is 1. The van der Waals surface area contributed by atoms with E-state index in [0.29, 0.717) is 62.1 Å². The third-order valence-corrected chi connectivity index (χ3v) is 7.97. The largest absolute Gasteiger partial charge is 0.487 e. The van der Waals surface area contributed by atoms with Crippen LogP contribution in [-0.2, 0) is 20.9 Å². The number of imidazole rings is 1. The summed E-state index contributed by atoms with van der Waals surface area (Å²) in [6.07, 6.45) is 1.81. The number of para-hydroxylation sites is 1. The van der Waals surface area contributed by atoms with Gasteiger partial charge in [0.05, 0.1) is 30.9 Å². The molecule has 0 unspecified atom stereocenters. The van der Waals surface area contributed by atoms with Gasteiger partial charge in [0.2, 0.25) is 5.91 Å². The maximum Gasteiger partial charge on any atom is 0.410 e. The number of piperidine rings is 1. The first-order valence-electron chi connectivity index (χ1n) is 15.8. The second-order valence-electron chi connectivity index (χ2n) is 13.2. The van der Waals surface area contributed by atoms with E-state index in [1.54, 1.807) is 14.7 Å². The Hall–Kier alpha value is -4.12. The molecule has 242 valence electrons. The molecule has 11 heteroatoms. The van der Waals surface area contributed by atoms with Crippen LogP contribution in [0.3, 0.4) is 0 Å². The molecule has 0 aliphatic carbocycles. The van der Waals surface area contributed by atoms with E-state index < -0.39 is 23.7 Å². The maximum atomic E-state index is 14.6. The maximum absolute atomic E-state index is 14.6. The third kappa shape index (κ3) is 7.94. The number of carbonyl (C=O) groups excluding carboxylic acids is 3. The van der Waals surface area contributed by atoms with Crippen LogP contribution in [-0.4, -0.2) is 99.6 Å². The predicted octanol–water partition coefficient (Wildman–Crippen LogP) is 4.50. The number of hydrogen-bond donors (Lipinski definition) is 0. The lowest BCUT2D eigenvalue weighted by molar-refractivity contribution is -0.142. The van der Waals surface area contributed by atoms with Crippen molar-refractivity contribution in [3.63, 3.8) is 0 Å². The van der Waals surface area contributed by atoms with Crippen LogP contribution in [0.5, 0.6) is 5.75 Å². The van der Waals surface area contributed by atoms with Crippen molar-refractivity contribution in [3.8, 4) is 5.75 Å². The standard InChI is InChI=1S/C34H45N5O6/c1-24(2)20-39(32(41)30-28(23-44-27-11-7-6-8-12-27)38-14-10-9-13-29(38)35-30)26-19-25(31(40)36-15-17-43-18-16-36)21-37(22-26)33(42)45-34(3,4)5/h6-14,24-26H,15-23H2,1-5H3/t25-,26+/m1/s1. The Morgan fingerprint density at radius 2 is 1.71 bits per heavy atom. The summed E-state index contributed by atoms with van der Waals surface area (Å²) in [5, 5.41) is 0. The SMILES string of the molecule is CC(C)CN(C(=O)c1nc2ccccn2c1COc1ccccc1)[C@H]1C[C@@H](C(=O)N2CCOCC2)CN(C(=O)OC(C)(C)C)C1. The molecule has 3 aromatic rings. The summed E-state index contributed by atoms with van der Waals surface area (Å²) in [4.78, 5) is 51.8. The van der Waals surface area contributed by atoms with Gasteiger partial charge in [-0.2, -0.15) is 0 Å². The van der Waals surface area contributed by atoms with Crippen LogP contribution < -0.4 is 4.74 Å². The first kappa shape index (κ1) is 32.3. The van der Waals surface area contributed by atoms with E-state index in [-0.39, 0.29) is 37.4 Å². The smallest absolute Gasteiger partial charge is 0.410 e. The zero-order chi connectivity index (χ0) is 32.1. The van der Waals surface area contributed by atoms with Crippen LogP contribution in [0.15, 0.2) is 54.7 Å². The molecule has 2 saturated heterocycles. The van der Waals surface area contributed by atoms with Crippen LogP contribution in [0.4, 0.5) is 4.79 Å². The van der Waals surface area contributed by atoms with Crippen molar-refractivity contribution in [2.24, 2.45) is 11.8 Å². The van der Waals surface area contributed by atoms with E-state index in [9.17, 15) is 14.4 Å². The number of nitrogens with zero attached hydrogens (tertiary/aromatic N) is 5. The number of ether oxygens (including phenoxy) is 3. The summed E-state index contributed by atoms with van der Waals surface area (Å²) in [7, 11) is 0. The molecule has 0 radical (unpaired) electrons. The van der Waals surface area contributed by atoms with E-state index in [4.69, 9.17) is 19.2 Å². The lowest BCUT2D eigenvalue weighted by Gasteiger charge is -2.44. The minimum Gasteiger partial charge on any atom is -0.487 e. The van der Waals surface area contributed by atoms with Gasteiger partial charge >= 0.3 is 6.09 Å². The van der Waals surface area contributed by atoms with E-state index in [0.717, 1.165) is 0 Å². The summed E-state index contributed by atoms with van der Waals surface area (Å²) >= 11 is 0. The Labute approximate surface area is 265 Å². The number of likely N-dealkylation sites (tertiary alicyclic amines) is 1. The van der Waals surface area contributed by atoms with Crippen molar-refractivity contribution in [2.75, 3.05) is 45.9 Å². The lowest BCUT2D eigenvalue weighted by atomic mass is 9.91. The highest BCUT2D eigenvalue weighted by Crippen LogP contribution is 2.28. The summed E-state index contributed by atoms with van der Waals surface area (Å²) in [5.74, 6) is 0.0375. The van der Waals surface area contributed by atoms with Gasteiger partial charge in [0.15, 0.2) is 5.69 Å². The highest BCUT2D eigenvalue weighted by Gasteiger charge is 2.42. The van der Waals surface area contributed by atoms with Gasteiger partial charge in [-0.3, -0.25) is 14.0 Å². The van der Waals surface area contributed by atoms with Crippen LogP contribution >= 0.6 is 0 Å². The number of carbonyl (C=O) groups is 3. The van der Waals surface area contributed by atoms with Crippen molar-refractivity contribution < 1.29 is 28.6 Å². The molecule has 11 nitrogen and oxygen atoms in total. The number of pyridine rings is 1. The first-order valence-corrected chi connectivity index (χ1v) is 15.8. The molecular formula is C34H45N5O6. The van der Waals surface area contributed by atoms with Gasteiger partial charge in [-0.05, 0) is 57.4 Å². The van der Waals surface area contributed by atoms with E-state index >= 15 is 0 Å². The second kappa shape index (κ2) is 13.9. The molecule has 45 heavy (non-hydrogen) atoms. The van der Waals surface area contributed by atoms with Crippen LogP contribution in [0.25, 0.3) is 5.65 Å². The molecule has 1 aromatic carbocycles. The Morgan fingerprint density at radius 1 is 1.00 bits per heavy atom. The van der Waals surface area contributed by atoms with Crippen molar-refractivity contribution in [2.45, 2.75) is 59.3 Å². The molecule has 5 rings (SSSR count). The molecule has 2 aromatic heterocycles. The van der Waals surface area contributed by atoms with Crippen molar-refractivity contribution in [1.82, 2.24) is 24.1 Å². The van der Waals surface area contributed by atoms with E-state index in [2.05, 4.69) is 0 Å². The molecule has 2 atom stereocenters. The Balaban J connectivity index is 1.48. The highest BCUT2D eigenvalue weighted by atomic mass is 16.6. The van der Waals surface area contributed by atoms with Crippen LogP contribution in [0.2, 0.25) is 0 Å². The molecular weight excluding hydrogens is 574 g/mol. The lowest BCUT2D eigenvalue weighted by Crippen LogP contribution is -2.58. The average Bonchev–Trinajstić information content (AvgIpc) is 3.40. The normalized spacial score (nSPS) is 19.1. The van der Waals surface area contributed by atoms with Gasteiger partial charge < -0.3 is 28.9 Å². The summed E-state index contributed by atoms with van der Waals surface area (Å²) in [6, 6.07) is 14.7. The van der Waals surface area contributed by atoms with Crippen molar-refractivity contribution >= 4 is 23.6 Å². The second-order valence-corrected chi connectivity index (χ2v) is 13.2. The number of aromatic nitrogens is 2. The quantitative estimate of drug-likeness (QED) is 0.366. The number of benzene rings is 1. The fourth-order valence-electron chi connectivity index (χ4n) is 5.95. The van der Waals surface area contributed by atoms with E-state index in [1.165, 1.54) is 0 Å². The number of rotatable bonds is 8. The molecule has 4 heterocycles. The summed E-state index contributed by atoms with van der Waals surface area (Å²) in [6.45, 7) is 12.6. The molecule has 0 N–H and O–H groups in total. The number of hydrogen-bond acceptors (Lipinski definition) is 7.